The fourth-order valence-electron chi connectivity index (χ4n) is 0.973. The summed E-state index contributed by atoms with van der Waals surface area (Å²) in [4.78, 5) is 0. The van der Waals surface area contributed by atoms with Gasteiger partial charge in [0.1, 0.15) is 0 Å². The second-order valence-electron chi connectivity index (χ2n) is 2.36. The minimum Gasteiger partial charge on any atom is -0.411 e. The van der Waals surface area contributed by atoms with Gasteiger partial charge in [-0.3, -0.25) is 0 Å². The molecule has 1 fully saturated rings. The van der Waals surface area contributed by atoms with Gasteiger partial charge in [0.2, 0.25) is 0 Å². The summed E-state index contributed by atoms with van der Waals surface area (Å²) < 4.78 is 21.7. The summed E-state index contributed by atoms with van der Waals surface area (Å²) in [6.45, 7) is 0. The molecule has 1 aliphatic heterocycles. The van der Waals surface area contributed by atoms with Gasteiger partial charge in [-0.15, -0.1) is 0 Å². The molecule has 0 radical (unpaired) electrons. The molecule has 4 nitrogen and oxygen atoms in total. The van der Waals surface area contributed by atoms with Gasteiger partial charge in [0.05, 0.1) is 17.2 Å². The third-order valence-electron chi connectivity index (χ3n) is 1.45. The van der Waals surface area contributed by atoms with Crippen LogP contribution >= 0.6 is 0 Å². The number of oxime groups is 1. The Morgan fingerprint density at radius 1 is 1.50 bits per heavy atom. The molecule has 0 amide bonds. The highest BCUT2D eigenvalue weighted by Crippen LogP contribution is 2.08. The Morgan fingerprint density at radius 3 is 2.60 bits per heavy atom. The Morgan fingerprint density at radius 2 is 2.20 bits per heavy atom. The molecule has 1 N–H and O–H groups in total. The van der Waals surface area contributed by atoms with E-state index in [9.17, 15) is 8.42 Å². The smallest absolute Gasteiger partial charge is 0.155 e. The van der Waals surface area contributed by atoms with Gasteiger partial charge in [-0.05, 0) is 12.8 Å². The molecule has 0 unspecified atom stereocenters. The first-order valence-electron chi connectivity index (χ1n) is 3.04. The van der Waals surface area contributed by atoms with Crippen LogP contribution in [0.1, 0.15) is 12.8 Å². The standard InChI is InChI=1S/C5H9NO3S/c7-6-5-2-1-3-10(8,9)4-5/h7H,1-4H2/b6-5-. The highest BCUT2D eigenvalue weighted by atomic mass is 32.2. The predicted octanol–water partition coefficient (Wildman–Crippen LogP) is 0.0252. The van der Waals surface area contributed by atoms with Gasteiger partial charge in [-0.25, -0.2) is 8.42 Å². The van der Waals surface area contributed by atoms with Crippen LogP contribution in [-0.4, -0.2) is 30.8 Å². The Bertz CT molecular complexity index is 242. The first-order valence-corrected chi connectivity index (χ1v) is 4.86. The molecule has 0 bridgehead atoms. The monoisotopic (exact) mass is 163 g/mol. The van der Waals surface area contributed by atoms with E-state index in [0.717, 1.165) is 0 Å². The van der Waals surface area contributed by atoms with Gasteiger partial charge in [0.15, 0.2) is 9.84 Å². The maximum atomic E-state index is 10.8. The lowest BCUT2D eigenvalue weighted by Crippen LogP contribution is -2.24. The van der Waals surface area contributed by atoms with Crippen LogP contribution in [0.4, 0.5) is 0 Å². The third-order valence-corrected chi connectivity index (χ3v) is 3.13. The van der Waals surface area contributed by atoms with Gasteiger partial charge < -0.3 is 5.21 Å². The van der Waals surface area contributed by atoms with Crippen molar-refractivity contribution >= 4 is 15.5 Å². The van der Waals surface area contributed by atoms with E-state index in [1.165, 1.54) is 0 Å². The summed E-state index contributed by atoms with van der Waals surface area (Å²) in [7, 11) is -2.93. The molecule has 0 atom stereocenters. The molecule has 0 aliphatic carbocycles. The summed E-state index contributed by atoms with van der Waals surface area (Å²) in [5, 5.41) is 11.1. The molecule has 10 heavy (non-hydrogen) atoms. The summed E-state index contributed by atoms with van der Waals surface area (Å²) in [6.07, 6.45) is 1.19. The Labute approximate surface area is 59.5 Å². The van der Waals surface area contributed by atoms with Crippen LogP contribution in [0.25, 0.3) is 0 Å². The predicted molar refractivity (Wildman–Crippen MR) is 37.1 cm³/mol. The van der Waals surface area contributed by atoms with Crippen molar-refractivity contribution < 1.29 is 13.6 Å². The van der Waals surface area contributed by atoms with Crippen molar-refractivity contribution in [2.24, 2.45) is 5.16 Å². The SMILES string of the molecule is O=S1(=O)CCC/C(=N/O)C1. The largest absolute Gasteiger partial charge is 0.411 e. The van der Waals surface area contributed by atoms with Crippen LogP contribution in [0, 0.1) is 0 Å². The lowest BCUT2D eigenvalue weighted by molar-refractivity contribution is 0.317. The minimum atomic E-state index is -2.93. The quantitative estimate of drug-likeness (QED) is 0.404. The third kappa shape index (κ3) is 1.70. The number of sulfone groups is 1. The van der Waals surface area contributed by atoms with Crippen LogP contribution in [-0.2, 0) is 9.84 Å². The zero-order valence-electron chi connectivity index (χ0n) is 5.45. The Hall–Kier alpha value is -0.580. The molecule has 1 aliphatic rings. The molecule has 1 saturated heterocycles. The summed E-state index contributed by atoms with van der Waals surface area (Å²) >= 11 is 0. The highest BCUT2D eigenvalue weighted by molar-refractivity contribution is 7.92. The van der Waals surface area contributed by atoms with Gasteiger partial charge in [0, 0.05) is 0 Å². The fourth-order valence-corrected chi connectivity index (χ4v) is 2.41. The van der Waals surface area contributed by atoms with E-state index in [0.29, 0.717) is 18.6 Å². The van der Waals surface area contributed by atoms with Gasteiger partial charge >= 0.3 is 0 Å². The van der Waals surface area contributed by atoms with Gasteiger partial charge in [-0.1, -0.05) is 5.16 Å². The zero-order valence-corrected chi connectivity index (χ0v) is 6.26. The Kier molecular flexibility index (Phi) is 1.94. The maximum absolute atomic E-state index is 10.8. The first kappa shape index (κ1) is 7.53. The van der Waals surface area contributed by atoms with E-state index in [2.05, 4.69) is 5.16 Å². The van der Waals surface area contributed by atoms with Crippen molar-refractivity contribution in [2.75, 3.05) is 11.5 Å². The molecule has 5 heteroatoms. The molecular formula is C5H9NO3S. The van der Waals surface area contributed by atoms with Crippen LogP contribution in [0.3, 0.4) is 0 Å². The van der Waals surface area contributed by atoms with Crippen molar-refractivity contribution in [2.45, 2.75) is 12.8 Å². The average molecular weight is 163 g/mol. The van der Waals surface area contributed by atoms with Crippen molar-refractivity contribution in [1.29, 1.82) is 0 Å². The zero-order chi connectivity index (χ0) is 7.61. The van der Waals surface area contributed by atoms with Crippen molar-refractivity contribution in [3.8, 4) is 0 Å². The summed E-state index contributed by atoms with van der Waals surface area (Å²) in [5.41, 5.74) is 0.381. The van der Waals surface area contributed by atoms with E-state index in [4.69, 9.17) is 5.21 Å². The van der Waals surface area contributed by atoms with Crippen molar-refractivity contribution in [3.05, 3.63) is 0 Å². The molecule has 1 heterocycles. The first-order chi connectivity index (χ1) is 4.64. The van der Waals surface area contributed by atoms with Crippen LogP contribution < -0.4 is 0 Å². The van der Waals surface area contributed by atoms with E-state index >= 15 is 0 Å². The number of nitrogens with zero attached hydrogens (tertiary/aromatic N) is 1. The molecular weight excluding hydrogens is 154 g/mol. The van der Waals surface area contributed by atoms with Crippen molar-refractivity contribution in [1.82, 2.24) is 0 Å². The number of hydrogen-bond donors (Lipinski definition) is 1. The van der Waals surface area contributed by atoms with E-state index in [-0.39, 0.29) is 11.5 Å². The number of hydrogen-bond acceptors (Lipinski definition) is 4. The molecule has 58 valence electrons. The van der Waals surface area contributed by atoms with Crippen molar-refractivity contribution in [3.63, 3.8) is 0 Å². The van der Waals surface area contributed by atoms with E-state index in [1.807, 2.05) is 0 Å². The highest BCUT2D eigenvalue weighted by Gasteiger charge is 2.20. The lowest BCUT2D eigenvalue weighted by Gasteiger charge is -2.10. The lowest BCUT2D eigenvalue weighted by atomic mass is 10.2. The van der Waals surface area contributed by atoms with E-state index < -0.39 is 9.84 Å². The van der Waals surface area contributed by atoms with Gasteiger partial charge in [0.25, 0.3) is 0 Å². The second kappa shape index (κ2) is 2.57. The molecule has 0 aromatic carbocycles. The summed E-state index contributed by atoms with van der Waals surface area (Å²) in [5.74, 6) is 0.162. The minimum absolute atomic E-state index is 0.0660. The molecule has 0 aromatic heterocycles. The van der Waals surface area contributed by atoms with Gasteiger partial charge in [-0.2, -0.15) is 0 Å². The maximum Gasteiger partial charge on any atom is 0.155 e. The Balaban J connectivity index is 2.75. The average Bonchev–Trinajstić information content (AvgIpc) is 1.86. The molecule has 0 saturated carbocycles. The fraction of sp³-hybridized carbons (Fsp3) is 0.800. The van der Waals surface area contributed by atoms with E-state index in [1.54, 1.807) is 0 Å². The summed E-state index contributed by atoms with van der Waals surface area (Å²) in [6, 6.07) is 0. The van der Waals surface area contributed by atoms with Crippen LogP contribution in [0.15, 0.2) is 5.16 Å². The topological polar surface area (TPSA) is 66.7 Å². The molecule has 1 rings (SSSR count). The second-order valence-corrected chi connectivity index (χ2v) is 4.55. The van der Waals surface area contributed by atoms with Crippen LogP contribution in [0.2, 0.25) is 0 Å². The molecule has 0 aromatic rings. The number of rotatable bonds is 0. The molecule has 0 spiro atoms. The van der Waals surface area contributed by atoms with Crippen LogP contribution in [0.5, 0.6) is 0 Å². The normalized spacial score (nSPS) is 28.6.